The Kier molecular flexibility index (Phi) is 7.35. The Morgan fingerprint density at radius 1 is 1.28 bits per heavy atom. The van der Waals surface area contributed by atoms with Crippen LogP contribution in [0.5, 0.6) is 0 Å². The topological polar surface area (TPSA) is 69.0 Å². The Bertz CT molecular complexity index is 1100. The largest absolute Gasteiger partial charge is 0.376 e. The van der Waals surface area contributed by atoms with Gasteiger partial charge >= 0.3 is 0 Å². The number of rotatable bonds is 7. The van der Waals surface area contributed by atoms with Crippen LogP contribution in [0, 0.1) is 5.82 Å². The van der Waals surface area contributed by atoms with E-state index in [1.54, 1.807) is 37.3 Å². The molecule has 0 radical (unpaired) electrons. The van der Waals surface area contributed by atoms with Gasteiger partial charge in [0.05, 0.1) is 33.6 Å². The van der Waals surface area contributed by atoms with E-state index >= 15 is 0 Å². The summed E-state index contributed by atoms with van der Waals surface area (Å²) in [5.74, 6) is 0.0427. The number of thioether (sulfide) groups is 1. The first-order valence-electron chi connectivity index (χ1n) is 10.1. The van der Waals surface area contributed by atoms with Crippen molar-refractivity contribution in [2.24, 2.45) is 0 Å². The first kappa shape index (κ1) is 23.0. The maximum Gasteiger partial charge on any atom is 0.237 e. The number of hydrogen-bond acceptors (Lipinski definition) is 5. The molecule has 0 aliphatic carbocycles. The highest BCUT2D eigenvalue weighted by atomic mass is 35.5. The number of hydrogen-bond donors (Lipinski definition) is 1. The van der Waals surface area contributed by atoms with Crippen LogP contribution in [-0.4, -0.2) is 38.6 Å². The van der Waals surface area contributed by atoms with Gasteiger partial charge in [0.25, 0.3) is 0 Å². The van der Waals surface area contributed by atoms with Gasteiger partial charge in [-0.05, 0) is 56.2 Å². The zero-order valence-electron chi connectivity index (χ0n) is 17.2. The zero-order chi connectivity index (χ0) is 22.7. The van der Waals surface area contributed by atoms with E-state index in [4.69, 9.17) is 27.9 Å². The Balaban J connectivity index is 1.55. The fourth-order valence-electron chi connectivity index (χ4n) is 3.39. The van der Waals surface area contributed by atoms with Crippen molar-refractivity contribution in [3.63, 3.8) is 0 Å². The molecule has 1 amide bonds. The van der Waals surface area contributed by atoms with Gasteiger partial charge in [0.1, 0.15) is 5.82 Å². The molecule has 2 heterocycles. The molecular formula is C22H21Cl2FN4O2S. The van der Waals surface area contributed by atoms with Gasteiger partial charge in [-0.15, -0.1) is 10.2 Å². The normalized spacial score (nSPS) is 16.8. The van der Waals surface area contributed by atoms with Crippen LogP contribution < -0.4 is 5.32 Å². The molecule has 2 aromatic carbocycles. The van der Waals surface area contributed by atoms with Gasteiger partial charge in [-0.1, -0.05) is 41.0 Å². The summed E-state index contributed by atoms with van der Waals surface area (Å²) in [6.45, 7) is 3.05. The smallest absolute Gasteiger partial charge is 0.237 e. The number of benzene rings is 2. The molecule has 2 atom stereocenters. The van der Waals surface area contributed by atoms with Crippen molar-refractivity contribution >= 4 is 46.6 Å². The van der Waals surface area contributed by atoms with Crippen molar-refractivity contribution in [2.45, 2.75) is 42.8 Å². The molecule has 3 aromatic rings. The number of amides is 1. The van der Waals surface area contributed by atoms with Crippen molar-refractivity contribution < 1.29 is 13.9 Å². The Labute approximate surface area is 199 Å². The fraction of sp³-hybridized carbons (Fsp3) is 0.318. The lowest BCUT2D eigenvalue weighted by Crippen LogP contribution is -2.24. The van der Waals surface area contributed by atoms with Gasteiger partial charge in [0, 0.05) is 12.2 Å². The van der Waals surface area contributed by atoms with Crippen LogP contribution in [0.1, 0.15) is 19.8 Å². The molecule has 4 rings (SSSR count). The van der Waals surface area contributed by atoms with E-state index in [1.165, 1.54) is 23.9 Å². The molecule has 10 heteroatoms. The maximum atomic E-state index is 13.4. The summed E-state index contributed by atoms with van der Waals surface area (Å²) < 4.78 is 21.1. The molecule has 6 nitrogen and oxygen atoms in total. The molecule has 1 fully saturated rings. The fourth-order valence-corrected chi connectivity index (χ4v) is 4.60. The van der Waals surface area contributed by atoms with E-state index in [-0.39, 0.29) is 17.8 Å². The summed E-state index contributed by atoms with van der Waals surface area (Å²) in [4.78, 5) is 12.8. The minimum atomic E-state index is -0.487. The predicted octanol–water partition coefficient (Wildman–Crippen LogP) is 5.69. The third kappa shape index (κ3) is 5.26. The first-order valence-corrected chi connectivity index (χ1v) is 11.8. The summed E-state index contributed by atoms with van der Waals surface area (Å²) in [5.41, 5.74) is 1.19. The number of ether oxygens (including phenoxy) is 1. The van der Waals surface area contributed by atoms with E-state index in [9.17, 15) is 9.18 Å². The van der Waals surface area contributed by atoms with Crippen molar-refractivity contribution in [3.8, 4) is 11.4 Å². The number of halogens is 3. The molecule has 0 unspecified atom stereocenters. The summed E-state index contributed by atoms with van der Waals surface area (Å²) in [6, 6.07) is 11.2. The van der Waals surface area contributed by atoms with Crippen LogP contribution in [0.4, 0.5) is 10.1 Å². The molecule has 1 saturated heterocycles. The highest BCUT2D eigenvalue weighted by Gasteiger charge is 2.25. The standard InChI is InChI=1S/C22H21Cl2FN4O2S/c1-13(21(30)26-18-6-2-5-17(23)19(18)24)32-22-28-27-20(14-7-9-15(25)10-8-14)29(22)12-16-4-3-11-31-16/h2,5-10,13,16H,3-4,11-12H2,1H3,(H,26,30)/t13-,16-/m1/s1. The Hall–Kier alpha value is -2.13. The van der Waals surface area contributed by atoms with Gasteiger partial charge in [-0.25, -0.2) is 4.39 Å². The van der Waals surface area contributed by atoms with Crippen molar-refractivity contribution in [3.05, 3.63) is 58.3 Å². The summed E-state index contributed by atoms with van der Waals surface area (Å²) in [5, 5.41) is 12.2. The number of aromatic nitrogens is 3. The first-order chi connectivity index (χ1) is 15.4. The molecule has 0 spiro atoms. The second-order valence-electron chi connectivity index (χ2n) is 7.41. The van der Waals surface area contributed by atoms with Crippen LogP contribution >= 0.6 is 35.0 Å². The molecule has 0 bridgehead atoms. The number of anilines is 1. The molecule has 168 valence electrons. The maximum absolute atomic E-state index is 13.4. The number of nitrogens with one attached hydrogen (secondary N) is 1. The monoisotopic (exact) mass is 494 g/mol. The van der Waals surface area contributed by atoms with Crippen LogP contribution in [0.15, 0.2) is 47.6 Å². The lowest BCUT2D eigenvalue weighted by atomic mass is 10.2. The molecule has 0 saturated carbocycles. The molecule has 1 aliphatic heterocycles. The van der Waals surface area contributed by atoms with E-state index < -0.39 is 5.25 Å². The SMILES string of the molecule is C[C@@H](Sc1nnc(-c2ccc(F)cc2)n1C[C@H]1CCCO1)C(=O)Nc1cccc(Cl)c1Cl. The second kappa shape index (κ2) is 10.2. The molecule has 32 heavy (non-hydrogen) atoms. The van der Waals surface area contributed by atoms with E-state index in [1.807, 2.05) is 4.57 Å². The van der Waals surface area contributed by atoms with E-state index in [2.05, 4.69) is 15.5 Å². The highest BCUT2D eigenvalue weighted by molar-refractivity contribution is 8.00. The van der Waals surface area contributed by atoms with Crippen LogP contribution in [0.2, 0.25) is 10.0 Å². The minimum absolute atomic E-state index is 0.0407. The summed E-state index contributed by atoms with van der Waals surface area (Å²) in [7, 11) is 0. The molecule has 1 aliphatic rings. The van der Waals surface area contributed by atoms with E-state index in [0.29, 0.717) is 33.3 Å². The van der Waals surface area contributed by atoms with Gasteiger partial charge in [-0.2, -0.15) is 0 Å². The number of nitrogens with zero attached hydrogens (tertiary/aromatic N) is 3. The van der Waals surface area contributed by atoms with Crippen LogP contribution in [-0.2, 0) is 16.1 Å². The zero-order valence-corrected chi connectivity index (χ0v) is 19.6. The van der Waals surface area contributed by atoms with Crippen LogP contribution in [0.3, 0.4) is 0 Å². The van der Waals surface area contributed by atoms with Crippen molar-refractivity contribution in [2.75, 3.05) is 11.9 Å². The van der Waals surface area contributed by atoms with Gasteiger partial charge in [-0.3, -0.25) is 9.36 Å². The predicted molar refractivity (Wildman–Crippen MR) is 125 cm³/mol. The minimum Gasteiger partial charge on any atom is -0.376 e. The highest BCUT2D eigenvalue weighted by Crippen LogP contribution is 2.32. The molecule has 1 N–H and O–H groups in total. The second-order valence-corrected chi connectivity index (χ2v) is 9.50. The average Bonchev–Trinajstić information content (AvgIpc) is 3.43. The average molecular weight is 495 g/mol. The molecular weight excluding hydrogens is 474 g/mol. The lowest BCUT2D eigenvalue weighted by Gasteiger charge is -2.17. The van der Waals surface area contributed by atoms with E-state index in [0.717, 1.165) is 25.0 Å². The lowest BCUT2D eigenvalue weighted by molar-refractivity contribution is -0.115. The summed E-state index contributed by atoms with van der Waals surface area (Å²) >= 11 is 13.5. The Morgan fingerprint density at radius 2 is 2.06 bits per heavy atom. The van der Waals surface area contributed by atoms with Crippen LogP contribution in [0.25, 0.3) is 11.4 Å². The van der Waals surface area contributed by atoms with Crippen molar-refractivity contribution in [1.82, 2.24) is 14.8 Å². The van der Waals surface area contributed by atoms with Crippen molar-refractivity contribution in [1.29, 1.82) is 0 Å². The van der Waals surface area contributed by atoms with Gasteiger partial charge < -0.3 is 10.1 Å². The summed E-state index contributed by atoms with van der Waals surface area (Å²) in [6.07, 6.45) is 1.98. The molecule has 1 aromatic heterocycles. The van der Waals surface area contributed by atoms with Gasteiger partial charge in [0.15, 0.2) is 11.0 Å². The number of carbonyl (C=O) groups excluding carboxylic acids is 1. The third-order valence-corrected chi connectivity index (χ3v) is 6.99. The quantitative estimate of drug-likeness (QED) is 0.427. The van der Waals surface area contributed by atoms with Gasteiger partial charge in [0.2, 0.25) is 5.91 Å². The third-order valence-electron chi connectivity index (χ3n) is 5.09. The Morgan fingerprint density at radius 3 is 2.78 bits per heavy atom. The number of carbonyl (C=O) groups is 1.